The van der Waals surface area contributed by atoms with Gasteiger partial charge in [0, 0.05) is 25.1 Å². The molecule has 0 radical (unpaired) electrons. The third-order valence-electron chi connectivity index (χ3n) is 3.63. The van der Waals surface area contributed by atoms with E-state index in [4.69, 9.17) is 9.47 Å². The average Bonchev–Trinajstić information content (AvgIpc) is 2.79. The van der Waals surface area contributed by atoms with Crippen molar-refractivity contribution in [2.75, 3.05) is 26.7 Å². The molecule has 1 saturated heterocycles. The first kappa shape index (κ1) is 10.9. The zero-order valence-corrected chi connectivity index (χ0v) is 10.3. The van der Waals surface area contributed by atoms with Crippen molar-refractivity contribution in [3.63, 3.8) is 0 Å². The van der Waals surface area contributed by atoms with E-state index in [9.17, 15) is 0 Å². The van der Waals surface area contributed by atoms with E-state index in [1.54, 1.807) is 0 Å². The summed E-state index contributed by atoms with van der Waals surface area (Å²) in [5, 5.41) is 0. The summed E-state index contributed by atoms with van der Waals surface area (Å²) >= 11 is 0. The van der Waals surface area contributed by atoms with Gasteiger partial charge in [-0.25, -0.2) is 0 Å². The molecule has 2 heterocycles. The summed E-state index contributed by atoms with van der Waals surface area (Å²) in [5.74, 6) is 2.03. The van der Waals surface area contributed by atoms with E-state index in [1.807, 2.05) is 12.1 Å². The maximum atomic E-state index is 6.05. The van der Waals surface area contributed by atoms with Crippen LogP contribution in [0.25, 0.3) is 0 Å². The second-order valence-electron chi connectivity index (χ2n) is 4.99. The van der Waals surface area contributed by atoms with Gasteiger partial charge in [0.25, 0.3) is 0 Å². The quantitative estimate of drug-likeness (QED) is 0.780. The molecule has 0 aromatic heterocycles. The lowest BCUT2D eigenvalue weighted by Gasteiger charge is -2.29. The van der Waals surface area contributed by atoms with Gasteiger partial charge in [0.05, 0.1) is 6.61 Å². The minimum absolute atomic E-state index is 0.381. The molecule has 0 spiro atoms. The van der Waals surface area contributed by atoms with Crippen LogP contribution in [0.15, 0.2) is 18.2 Å². The van der Waals surface area contributed by atoms with Gasteiger partial charge in [-0.2, -0.15) is 0 Å². The molecule has 0 saturated carbocycles. The van der Waals surface area contributed by atoms with Gasteiger partial charge in [0.15, 0.2) is 0 Å². The third kappa shape index (κ3) is 2.39. The zero-order valence-electron chi connectivity index (χ0n) is 10.3. The van der Waals surface area contributed by atoms with Crippen molar-refractivity contribution in [1.82, 2.24) is 4.90 Å². The fourth-order valence-electron chi connectivity index (χ4n) is 2.53. The van der Waals surface area contributed by atoms with Gasteiger partial charge in [-0.1, -0.05) is 0 Å². The Balaban J connectivity index is 1.65. The van der Waals surface area contributed by atoms with Crippen LogP contribution in [0.5, 0.6) is 11.5 Å². The van der Waals surface area contributed by atoms with Crippen molar-refractivity contribution in [2.45, 2.75) is 25.4 Å². The molecule has 1 fully saturated rings. The summed E-state index contributed by atoms with van der Waals surface area (Å²) in [6.45, 7) is 3.09. The van der Waals surface area contributed by atoms with Crippen LogP contribution in [0.4, 0.5) is 0 Å². The van der Waals surface area contributed by atoms with Crippen LogP contribution in [0, 0.1) is 0 Å². The van der Waals surface area contributed by atoms with E-state index in [2.05, 4.69) is 18.0 Å². The molecule has 2 aliphatic heterocycles. The van der Waals surface area contributed by atoms with E-state index in [0.717, 1.165) is 50.5 Å². The van der Waals surface area contributed by atoms with Crippen molar-refractivity contribution in [2.24, 2.45) is 0 Å². The SMILES string of the molecule is CN1CCC(Oc2ccc3c(c2)CCO3)CC1. The molecular formula is C14H19NO2. The topological polar surface area (TPSA) is 21.7 Å². The molecule has 2 aliphatic rings. The lowest BCUT2D eigenvalue weighted by atomic mass is 10.1. The first-order valence-electron chi connectivity index (χ1n) is 6.42. The Morgan fingerprint density at radius 3 is 2.94 bits per heavy atom. The Morgan fingerprint density at radius 1 is 1.29 bits per heavy atom. The van der Waals surface area contributed by atoms with Crippen LogP contribution >= 0.6 is 0 Å². The Hall–Kier alpha value is -1.22. The fraction of sp³-hybridized carbons (Fsp3) is 0.571. The van der Waals surface area contributed by atoms with Gasteiger partial charge < -0.3 is 14.4 Å². The maximum Gasteiger partial charge on any atom is 0.122 e. The van der Waals surface area contributed by atoms with Crippen LogP contribution in [-0.2, 0) is 6.42 Å². The molecule has 1 aromatic rings. The highest BCUT2D eigenvalue weighted by atomic mass is 16.5. The summed E-state index contributed by atoms with van der Waals surface area (Å²) < 4.78 is 11.5. The van der Waals surface area contributed by atoms with Gasteiger partial charge >= 0.3 is 0 Å². The van der Waals surface area contributed by atoms with Gasteiger partial charge in [-0.3, -0.25) is 0 Å². The second kappa shape index (κ2) is 4.57. The molecule has 3 nitrogen and oxygen atoms in total. The number of hydrogen-bond acceptors (Lipinski definition) is 3. The predicted octanol–water partition coefficient (Wildman–Crippen LogP) is 2.09. The number of benzene rings is 1. The van der Waals surface area contributed by atoms with Crippen LogP contribution in [-0.4, -0.2) is 37.7 Å². The van der Waals surface area contributed by atoms with Crippen molar-refractivity contribution in [3.8, 4) is 11.5 Å². The van der Waals surface area contributed by atoms with Crippen LogP contribution < -0.4 is 9.47 Å². The minimum atomic E-state index is 0.381. The molecule has 0 N–H and O–H groups in total. The molecule has 0 aliphatic carbocycles. The maximum absolute atomic E-state index is 6.05. The van der Waals surface area contributed by atoms with Crippen molar-refractivity contribution < 1.29 is 9.47 Å². The first-order valence-corrected chi connectivity index (χ1v) is 6.42. The summed E-state index contributed by atoms with van der Waals surface area (Å²) in [5.41, 5.74) is 1.29. The van der Waals surface area contributed by atoms with Crippen LogP contribution in [0.3, 0.4) is 0 Å². The highest BCUT2D eigenvalue weighted by molar-refractivity contribution is 5.42. The highest BCUT2D eigenvalue weighted by Crippen LogP contribution is 2.30. The van der Waals surface area contributed by atoms with Crippen LogP contribution in [0.1, 0.15) is 18.4 Å². The number of nitrogens with zero attached hydrogens (tertiary/aromatic N) is 1. The lowest BCUT2D eigenvalue weighted by molar-refractivity contribution is 0.114. The van der Waals surface area contributed by atoms with Crippen molar-refractivity contribution in [1.29, 1.82) is 0 Å². The number of likely N-dealkylation sites (tertiary alicyclic amines) is 1. The van der Waals surface area contributed by atoms with E-state index >= 15 is 0 Å². The predicted molar refractivity (Wildman–Crippen MR) is 66.8 cm³/mol. The largest absolute Gasteiger partial charge is 0.493 e. The summed E-state index contributed by atoms with van der Waals surface area (Å²) in [6.07, 6.45) is 3.65. The molecule has 92 valence electrons. The first-order chi connectivity index (χ1) is 8.31. The summed E-state index contributed by atoms with van der Waals surface area (Å²) in [4.78, 5) is 2.36. The third-order valence-corrected chi connectivity index (χ3v) is 3.63. The van der Waals surface area contributed by atoms with Crippen molar-refractivity contribution in [3.05, 3.63) is 23.8 Å². The van der Waals surface area contributed by atoms with E-state index in [0.29, 0.717) is 6.10 Å². The summed E-state index contributed by atoms with van der Waals surface area (Å²) in [7, 11) is 2.17. The molecule has 0 unspecified atom stereocenters. The van der Waals surface area contributed by atoms with Gasteiger partial charge in [0.1, 0.15) is 17.6 Å². The van der Waals surface area contributed by atoms with Gasteiger partial charge in [-0.15, -0.1) is 0 Å². The number of fused-ring (bicyclic) bond motifs is 1. The summed E-state index contributed by atoms with van der Waals surface area (Å²) in [6, 6.07) is 6.20. The standard InChI is InChI=1S/C14H19NO2/c1-15-7-4-12(5-8-15)17-13-2-3-14-11(10-13)6-9-16-14/h2-3,10,12H,4-9H2,1H3. The number of ether oxygens (including phenoxy) is 2. The molecule has 3 rings (SSSR count). The molecule has 17 heavy (non-hydrogen) atoms. The van der Waals surface area contributed by atoms with E-state index < -0.39 is 0 Å². The van der Waals surface area contributed by atoms with Crippen LogP contribution in [0.2, 0.25) is 0 Å². The average molecular weight is 233 g/mol. The Bertz CT molecular complexity index is 397. The monoisotopic (exact) mass is 233 g/mol. The minimum Gasteiger partial charge on any atom is -0.493 e. The number of piperidine rings is 1. The molecule has 0 atom stereocenters. The zero-order chi connectivity index (χ0) is 11.7. The van der Waals surface area contributed by atoms with E-state index in [-0.39, 0.29) is 0 Å². The Kier molecular flexibility index (Phi) is 2.93. The van der Waals surface area contributed by atoms with Crippen molar-refractivity contribution >= 4 is 0 Å². The molecule has 1 aromatic carbocycles. The Morgan fingerprint density at radius 2 is 2.12 bits per heavy atom. The number of rotatable bonds is 2. The molecular weight excluding hydrogens is 214 g/mol. The Labute approximate surface area is 102 Å². The molecule has 3 heteroatoms. The highest BCUT2D eigenvalue weighted by Gasteiger charge is 2.19. The normalized spacial score (nSPS) is 21.0. The number of hydrogen-bond donors (Lipinski definition) is 0. The van der Waals surface area contributed by atoms with E-state index in [1.165, 1.54) is 5.56 Å². The van der Waals surface area contributed by atoms with Gasteiger partial charge in [-0.05, 0) is 38.1 Å². The second-order valence-corrected chi connectivity index (χ2v) is 4.99. The lowest BCUT2D eigenvalue weighted by Crippen LogP contribution is -2.35. The van der Waals surface area contributed by atoms with Gasteiger partial charge in [0.2, 0.25) is 0 Å². The molecule has 0 amide bonds. The molecule has 0 bridgehead atoms. The fourth-order valence-corrected chi connectivity index (χ4v) is 2.53. The smallest absolute Gasteiger partial charge is 0.122 e.